The second kappa shape index (κ2) is 9.33. The van der Waals surface area contributed by atoms with Crippen molar-refractivity contribution in [2.75, 3.05) is 45.0 Å². The standard InChI is InChI=1S/C13H21NO2S/c1-15-8-4-9-16-10-7-14-12-5-3-6-13(11-12)17-2/h3,5-6,11,14H,4,7-10H2,1-2H3. The van der Waals surface area contributed by atoms with Gasteiger partial charge in [-0.15, -0.1) is 11.8 Å². The average Bonchev–Trinajstić information content (AvgIpc) is 2.38. The summed E-state index contributed by atoms with van der Waals surface area (Å²) in [6, 6.07) is 8.39. The zero-order valence-electron chi connectivity index (χ0n) is 10.6. The first-order valence-electron chi connectivity index (χ1n) is 5.81. The van der Waals surface area contributed by atoms with Gasteiger partial charge in [0.05, 0.1) is 6.61 Å². The van der Waals surface area contributed by atoms with Crippen LogP contribution in [-0.4, -0.2) is 39.7 Å². The molecule has 0 bridgehead atoms. The summed E-state index contributed by atoms with van der Waals surface area (Å²) < 4.78 is 10.4. The fraction of sp³-hybridized carbons (Fsp3) is 0.538. The first kappa shape index (κ1) is 14.4. The van der Waals surface area contributed by atoms with E-state index >= 15 is 0 Å². The van der Waals surface area contributed by atoms with Gasteiger partial charge in [-0.1, -0.05) is 6.07 Å². The van der Waals surface area contributed by atoms with Crippen LogP contribution in [0.1, 0.15) is 6.42 Å². The highest BCUT2D eigenvalue weighted by Gasteiger charge is 1.94. The topological polar surface area (TPSA) is 30.5 Å². The zero-order valence-corrected chi connectivity index (χ0v) is 11.4. The van der Waals surface area contributed by atoms with E-state index in [1.807, 2.05) is 0 Å². The van der Waals surface area contributed by atoms with Gasteiger partial charge < -0.3 is 14.8 Å². The molecule has 0 aliphatic heterocycles. The molecular formula is C13H21NO2S. The highest BCUT2D eigenvalue weighted by Crippen LogP contribution is 2.18. The van der Waals surface area contributed by atoms with E-state index in [4.69, 9.17) is 9.47 Å². The molecule has 0 fully saturated rings. The van der Waals surface area contributed by atoms with Crippen LogP contribution in [0.2, 0.25) is 0 Å². The first-order valence-corrected chi connectivity index (χ1v) is 7.04. The van der Waals surface area contributed by atoms with E-state index in [-0.39, 0.29) is 0 Å². The molecule has 96 valence electrons. The number of hydrogen-bond donors (Lipinski definition) is 1. The molecule has 4 heteroatoms. The molecule has 1 aromatic rings. The summed E-state index contributed by atoms with van der Waals surface area (Å²) in [5.41, 5.74) is 1.15. The highest BCUT2D eigenvalue weighted by molar-refractivity contribution is 7.98. The van der Waals surface area contributed by atoms with Gasteiger partial charge in [0.2, 0.25) is 0 Å². The fourth-order valence-electron chi connectivity index (χ4n) is 1.41. The minimum Gasteiger partial charge on any atom is -0.385 e. The Balaban J connectivity index is 2.09. The van der Waals surface area contributed by atoms with Crippen LogP contribution >= 0.6 is 11.8 Å². The minimum atomic E-state index is 0.729. The van der Waals surface area contributed by atoms with E-state index in [9.17, 15) is 0 Å². The van der Waals surface area contributed by atoms with Crippen molar-refractivity contribution >= 4 is 17.4 Å². The molecule has 0 spiro atoms. The molecule has 1 N–H and O–H groups in total. The Labute approximate surface area is 108 Å². The summed E-state index contributed by atoms with van der Waals surface area (Å²) in [4.78, 5) is 1.27. The number of hydrogen-bond acceptors (Lipinski definition) is 4. The Kier molecular flexibility index (Phi) is 7.88. The Bertz CT molecular complexity index is 307. The van der Waals surface area contributed by atoms with Gasteiger partial charge in [-0.3, -0.25) is 0 Å². The fourth-order valence-corrected chi connectivity index (χ4v) is 1.87. The number of thioether (sulfide) groups is 1. The molecule has 0 aliphatic carbocycles. The monoisotopic (exact) mass is 255 g/mol. The number of nitrogens with one attached hydrogen (secondary N) is 1. The van der Waals surface area contributed by atoms with E-state index in [1.54, 1.807) is 18.9 Å². The Hall–Kier alpha value is -0.710. The van der Waals surface area contributed by atoms with Crippen molar-refractivity contribution < 1.29 is 9.47 Å². The van der Waals surface area contributed by atoms with Gasteiger partial charge in [-0.2, -0.15) is 0 Å². The first-order chi connectivity index (χ1) is 8.36. The summed E-state index contributed by atoms with van der Waals surface area (Å²) in [6.45, 7) is 3.10. The van der Waals surface area contributed by atoms with E-state index in [0.717, 1.165) is 38.5 Å². The van der Waals surface area contributed by atoms with Crippen molar-refractivity contribution in [2.24, 2.45) is 0 Å². The molecule has 0 aromatic heterocycles. The van der Waals surface area contributed by atoms with Gasteiger partial charge >= 0.3 is 0 Å². The molecule has 1 aromatic carbocycles. The van der Waals surface area contributed by atoms with Crippen LogP contribution in [0, 0.1) is 0 Å². The lowest BCUT2D eigenvalue weighted by Crippen LogP contribution is -2.10. The molecule has 0 atom stereocenters. The van der Waals surface area contributed by atoms with Crippen LogP contribution in [-0.2, 0) is 9.47 Å². The van der Waals surface area contributed by atoms with Gasteiger partial charge in [0, 0.05) is 37.5 Å². The van der Waals surface area contributed by atoms with Gasteiger partial charge in [-0.05, 0) is 30.9 Å². The predicted octanol–water partition coefficient (Wildman–Crippen LogP) is 2.87. The largest absolute Gasteiger partial charge is 0.385 e. The third kappa shape index (κ3) is 6.56. The molecule has 0 saturated carbocycles. The SMILES string of the molecule is COCCCOCCNc1cccc(SC)c1. The summed E-state index contributed by atoms with van der Waals surface area (Å²) in [5, 5.41) is 3.34. The molecule has 0 radical (unpaired) electrons. The lowest BCUT2D eigenvalue weighted by molar-refractivity contribution is 0.109. The molecule has 0 unspecified atom stereocenters. The van der Waals surface area contributed by atoms with Gasteiger partial charge in [0.15, 0.2) is 0 Å². The zero-order chi connectivity index (χ0) is 12.3. The summed E-state index contributed by atoms with van der Waals surface area (Å²) in [5.74, 6) is 0. The van der Waals surface area contributed by atoms with Crippen LogP contribution in [0.15, 0.2) is 29.2 Å². The molecule has 0 heterocycles. The van der Waals surface area contributed by atoms with E-state index in [0.29, 0.717) is 0 Å². The molecule has 0 amide bonds. The maximum absolute atomic E-state index is 5.47. The van der Waals surface area contributed by atoms with Gasteiger partial charge in [-0.25, -0.2) is 0 Å². The van der Waals surface area contributed by atoms with Crippen molar-refractivity contribution in [1.82, 2.24) is 0 Å². The van der Waals surface area contributed by atoms with E-state index in [2.05, 4.69) is 35.8 Å². The second-order valence-corrected chi connectivity index (χ2v) is 4.50. The maximum atomic E-state index is 5.47. The van der Waals surface area contributed by atoms with Crippen molar-refractivity contribution in [3.63, 3.8) is 0 Å². The normalized spacial score (nSPS) is 10.5. The van der Waals surface area contributed by atoms with Gasteiger partial charge in [0.1, 0.15) is 0 Å². The quantitative estimate of drug-likeness (QED) is 0.543. The highest BCUT2D eigenvalue weighted by atomic mass is 32.2. The van der Waals surface area contributed by atoms with Crippen molar-refractivity contribution in [1.29, 1.82) is 0 Å². The van der Waals surface area contributed by atoms with E-state index < -0.39 is 0 Å². The predicted molar refractivity (Wildman–Crippen MR) is 74.0 cm³/mol. The number of ether oxygens (including phenoxy) is 2. The number of rotatable bonds is 9. The van der Waals surface area contributed by atoms with Crippen LogP contribution in [0.4, 0.5) is 5.69 Å². The van der Waals surface area contributed by atoms with E-state index in [1.165, 1.54) is 4.90 Å². The smallest absolute Gasteiger partial charge is 0.0639 e. The number of benzene rings is 1. The molecule has 0 aliphatic rings. The van der Waals surface area contributed by atoms with Crippen LogP contribution in [0.3, 0.4) is 0 Å². The van der Waals surface area contributed by atoms with Crippen molar-refractivity contribution in [2.45, 2.75) is 11.3 Å². The molecule has 0 saturated heterocycles. The molecule has 17 heavy (non-hydrogen) atoms. The lowest BCUT2D eigenvalue weighted by Gasteiger charge is -2.08. The number of methoxy groups -OCH3 is 1. The number of anilines is 1. The lowest BCUT2D eigenvalue weighted by atomic mass is 10.3. The summed E-state index contributed by atoms with van der Waals surface area (Å²) in [6.07, 6.45) is 3.04. The Morgan fingerprint density at radius 3 is 2.88 bits per heavy atom. The molecular weight excluding hydrogens is 234 g/mol. The summed E-state index contributed by atoms with van der Waals surface area (Å²) >= 11 is 1.75. The minimum absolute atomic E-state index is 0.729. The Morgan fingerprint density at radius 2 is 2.12 bits per heavy atom. The van der Waals surface area contributed by atoms with Gasteiger partial charge in [0.25, 0.3) is 0 Å². The van der Waals surface area contributed by atoms with Crippen LogP contribution in [0.25, 0.3) is 0 Å². The second-order valence-electron chi connectivity index (χ2n) is 3.62. The maximum Gasteiger partial charge on any atom is 0.0639 e. The summed E-state index contributed by atoms with van der Waals surface area (Å²) in [7, 11) is 1.71. The molecule has 1 rings (SSSR count). The Morgan fingerprint density at radius 1 is 1.24 bits per heavy atom. The van der Waals surface area contributed by atoms with Crippen molar-refractivity contribution in [3.8, 4) is 0 Å². The van der Waals surface area contributed by atoms with Crippen LogP contribution < -0.4 is 5.32 Å². The average molecular weight is 255 g/mol. The van der Waals surface area contributed by atoms with Crippen molar-refractivity contribution in [3.05, 3.63) is 24.3 Å². The third-order valence-corrected chi connectivity index (χ3v) is 3.01. The van der Waals surface area contributed by atoms with Crippen LogP contribution in [0.5, 0.6) is 0 Å². The third-order valence-electron chi connectivity index (χ3n) is 2.28. The molecule has 3 nitrogen and oxygen atoms in total.